The summed E-state index contributed by atoms with van der Waals surface area (Å²) in [6.07, 6.45) is -0.736. The maximum absolute atomic E-state index is 13.9. The second kappa shape index (κ2) is 15.3. The van der Waals surface area contributed by atoms with Crippen LogP contribution in [-0.4, -0.2) is 81.0 Å². The van der Waals surface area contributed by atoms with Crippen LogP contribution in [0.15, 0.2) is 84.9 Å². The molecule has 0 aromatic heterocycles. The minimum Gasteiger partial charge on any atom is -0.497 e. The predicted octanol–water partition coefficient (Wildman–Crippen LogP) is 5.59. The van der Waals surface area contributed by atoms with Crippen molar-refractivity contribution < 1.29 is 43.2 Å². The lowest BCUT2D eigenvalue weighted by Gasteiger charge is -2.28. The first-order valence-electron chi connectivity index (χ1n) is 15.3. The summed E-state index contributed by atoms with van der Waals surface area (Å²) in [6.45, 7) is -1.15. The Bertz CT molecular complexity index is 1750. The van der Waals surface area contributed by atoms with Crippen LogP contribution in [0.2, 0.25) is 0 Å². The van der Waals surface area contributed by atoms with E-state index < -0.39 is 31.1 Å². The molecule has 0 radical (unpaired) electrons. The van der Waals surface area contributed by atoms with E-state index in [2.05, 4.69) is 0 Å². The van der Waals surface area contributed by atoms with Gasteiger partial charge in [-0.1, -0.05) is 48.5 Å². The van der Waals surface area contributed by atoms with Gasteiger partial charge in [-0.2, -0.15) is 0 Å². The molecule has 11 heteroatoms. The average molecular weight is 655 g/mol. The molecule has 0 unspecified atom stereocenters. The number of carbonyl (C=O) groups excluding carboxylic acids is 2. The molecular weight excluding hydrogens is 616 g/mol. The van der Waals surface area contributed by atoms with Crippen molar-refractivity contribution in [2.24, 2.45) is 0 Å². The molecule has 0 aliphatic heterocycles. The van der Waals surface area contributed by atoms with Crippen molar-refractivity contribution in [3.05, 3.63) is 107 Å². The number of nitrogens with zero attached hydrogens (tertiary/aromatic N) is 2. The first-order valence-corrected chi connectivity index (χ1v) is 15.3. The first kappa shape index (κ1) is 33.6. The third kappa shape index (κ3) is 7.46. The van der Waals surface area contributed by atoms with Crippen molar-refractivity contribution in [2.75, 3.05) is 48.1 Å². The summed E-state index contributed by atoms with van der Waals surface area (Å²) in [7, 11) is 6.02. The van der Waals surface area contributed by atoms with Gasteiger partial charge in [-0.05, 0) is 46.5 Å². The van der Waals surface area contributed by atoms with E-state index in [-0.39, 0.29) is 25.6 Å². The van der Waals surface area contributed by atoms with Crippen LogP contribution in [0.4, 0.5) is 4.79 Å². The lowest BCUT2D eigenvalue weighted by Crippen LogP contribution is -2.44. The van der Waals surface area contributed by atoms with Crippen LogP contribution in [0.3, 0.4) is 0 Å². The van der Waals surface area contributed by atoms with Crippen LogP contribution >= 0.6 is 0 Å². The molecule has 4 aromatic carbocycles. The number of fused-ring (bicyclic) bond motifs is 3. The molecular formula is C37H38N2O9. The standard InChI is InChI=1S/C37H38N2O9/c1-44-26-15-13-24(33(17-26)46-3)19-38(22-36(41)42)35(40)21-39(20-25-14-16-27(45-2)18-34(25)47-4)37(43)48-23-32-30-11-7-5-9-28(30)29-10-6-8-12-31(29)32/h5-18,32H,19-23H2,1-4H3,(H,41,42). The number of ether oxygens (including phenoxy) is 5. The zero-order chi connectivity index (χ0) is 34.2. The van der Waals surface area contributed by atoms with Crippen molar-refractivity contribution in [3.8, 4) is 34.1 Å². The minimum absolute atomic E-state index is 0.0409. The minimum atomic E-state index is -1.21. The number of benzene rings is 4. The lowest BCUT2D eigenvalue weighted by atomic mass is 9.98. The molecule has 0 saturated carbocycles. The van der Waals surface area contributed by atoms with Crippen molar-refractivity contribution in [2.45, 2.75) is 19.0 Å². The van der Waals surface area contributed by atoms with Gasteiger partial charge in [0.25, 0.3) is 0 Å². The zero-order valence-corrected chi connectivity index (χ0v) is 27.3. The monoisotopic (exact) mass is 654 g/mol. The van der Waals surface area contributed by atoms with E-state index in [1.54, 1.807) is 36.4 Å². The molecule has 1 N–H and O–H groups in total. The Balaban J connectivity index is 1.41. The second-order valence-corrected chi connectivity index (χ2v) is 11.2. The summed E-state index contributed by atoms with van der Waals surface area (Å²) < 4.78 is 27.6. The van der Waals surface area contributed by atoms with Gasteiger partial charge in [0.05, 0.1) is 41.5 Å². The van der Waals surface area contributed by atoms with Crippen LogP contribution in [-0.2, 0) is 27.4 Å². The molecule has 0 bridgehead atoms. The van der Waals surface area contributed by atoms with Gasteiger partial charge in [0, 0.05) is 29.2 Å². The van der Waals surface area contributed by atoms with Gasteiger partial charge in [0.1, 0.15) is 42.7 Å². The lowest BCUT2D eigenvalue weighted by molar-refractivity contribution is -0.145. The first-order chi connectivity index (χ1) is 23.3. The van der Waals surface area contributed by atoms with E-state index in [0.717, 1.165) is 27.2 Å². The summed E-state index contributed by atoms with van der Waals surface area (Å²) in [4.78, 5) is 42.0. The third-order valence-electron chi connectivity index (χ3n) is 8.31. The molecule has 0 saturated heterocycles. The molecule has 250 valence electrons. The highest BCUT2D eigenvalue weighted by atomic mass is 16.6. The van der Waals surface area contributed by atoms with Gasteiger partial charge in [0.15, 0.2) is 0 Å². The van der Waals surface area contributed by atoms with Crippen molar-refractivity contribution in [3.63, 3.8) is 0 Å². The number of amides is 2. The quantitative estimate of drug-likeness (QED) is 0.185. The number of hydrogen-bond acceptors (Lipinski definition) is 8. The van der Waals surface area contributed by atoms with Crippen LogP contribution < -0.4 is 18.9 Å². The molecule has 48 heavy (non-hydrogen) atoms. The second-order valence-electron chi connectivity index (χ2n) is 11.2. The largest absolute Gasteiger partial charge is 0.497 e. The number of rotatable bonds is 14. The Morgan fingerprint density at radius 2 is 1.15 bits per heavy atom. The molecule has 1 aliphatic carbocycles. The summed E-state index contributed by atoms with van der Waals surface area (Å²) in [5, 5.41) is 9.70. The van der Waals surface area contributed by atoms with E-state index in [1.165, 1.54) is 33.3 Å². The fourth-order valence-corrected chi connectivity index (χ4v) is 5.91. The molecule has 0 spiro atoms. The summed E-state index contributed by atoms with van der Waals surface area (Å²) in [5.74, 6) is -0.0309. The maximum atomic E-state index is 13.9. The molecule has 0 atom stereocenters. The Morgan fingerprint density at radius 1 is 0.646 bits per heavy atom. The van der Waals surface area contributed by atoms with E-state index >= 15 is 0 Å². The van der Waals surface area contributed by atoms with Crippen LogP contribution in [0.5, 0.6) is 23.0 Å². The van der Waals surface area contributed by atoms with Gasteiger partial charge in [-0.3, -0.25) is 14.5 Å². The maximum Gasteiger partial charge on any atom is 0.410 e. The Hall–Kier alpha value is -5.71. The SMILES string of the molecule is COc1ccc(CN(CC(=O)O)C(=O)CN(Cc2ccc(OC)cc2OC)C(=O)OCC2c3ccccc3-c3ccccc32)c(OC)c1. The van der Waals surface area contributed by atoms with Gasteiger partial charge in [-0.15, -0.1) is 0 Å². The number of hydrogen-bond donors (Lipinski definition) is 1. The number of carboxylic acids is 1. The topological polar surface area (TPSA) is 124 Å². The molecule has 0 heterocycles. The van der Waals surface area contributed by atoms with Crippen molar-refractivity contribution in [1.82, 2.24) is 9.80 Å². The smallest absolute Gasteiger partial charge is 0.410 e. The Labute approximate surface area is 279 Å². The number of carboxylic acid groups (broad SMARTS) is 1. The molecule has 2 amide bonds. The zero-order valence-electron chi connectivity index (χ0n) is 27.3. The third-order valence-corrected chi connectivity index (χ3v) is 8.31. The molecule has 11 nitrogen and oxygen atoms in total. The highest BCUT2D eigenvalue weighted by molar-refractivity contribution is 5.85. The fourth-order valence-electron chi connectivity index (χ4n) is 5.91. The fraction of sp³-hybridized carbons (Fsp3) is 0.270. The summed E-state index contributed by atoms with van der Waals surface area (Å²) >= 11 is 0. The summed E-state index contributed by atoms with van der Waals surface area (Å²) in [6, 6.07) is 26.2. The predicted molar refractivity (Wildman–Crippen MR) is 178 cm³/mol. The highest BCUT2D eigenvalue weighted by Gasteiger charge is 2.31. The van der Waals surface area contributed by atoms with Crippen LogP contribution in [0.25, 0.3) is 11.1 Å². The highest BCUT2D eigenvalue weighted by Crippen LogP contribution is 2.44. The van der Waals surface area contributed by atoms with Gasteiger partial charge in [-0.25, -0.2) is 4.79 Å². The Morgan fingerprint density at radius 3 is 1.62 bits per heavy atom. The molecule has 5 rings (SSSR count). The number of aliphatic carboxylic acids is 1. The van der Waals surface area contributed by atoms with Crippen LogP contribution in [0, 0.1) is 0 Å². The van der Waals surface area contributed by atoms with Crippen molar-refractivity contribution in [1.29, 1.82) is 0 Å². The van der Waals surface area contributed by atoms with Crippen LogP contribution in [0.1, 0.15) is 28.2 Å². The van der Waals surface area contributed by atoms with Gasteiger partial charge >= 0.3 is 12.1 Å². The van der Waals surface area contributed by atoms with E-state index in [0.29, 0.717) is 34.1 Å². The number of carbonyl (C=O) groups is 3. The Kier molecular flexibility index (Phi) is 10.7. The number of methoxy groups -OCH3 is 4. The van der Waals surface area contributed by atoms with E-state index in [4.69, 9.17) is 23.7 Å². The van der Waals surface area contributed by atoms with Crippen molar-refractivity contribution >= 4 is 18.0 Å². The van der Waals surface area contributed by atoms with Gasteiger partial charge in [0.2, 0.25) is 5.91 Å². The average Bonchev–Trinajstić information content (AvgIpc) is 3.43. The molecule has 0 fully saturated rings. The normalized spacial score (nSPS) is 11.6. The van der Waals surface area contributed by atoms with E-state index in [1.807, 2.05) is 48.5 Å². The van der Waals surface area contributed by atoms with Gasteiger partial charge < -0.3 is 33.7 Å². The molecule has 1 aliphatic rings. The molecule has 4 aromatic rings. The van der Waals surface area contributed by atoms with E-state index in [9.17, 15) is 19.5 Å². The summed E-state index contributed by atoms with van der Waals surface area (Å²) in [5.41, 5.74) is 5.43.